The maximum atomic E-state index is 4.97. The average molecular weight is 647 g/mol. The van der Waals surface area contributed by atoms with E-state index in [1.807, 2.05) is 97.1 Å². The highest BCUT2D eigenvalue weighted by Gasteiger charge is 2.13. The van der Waals surface area contributed by atoms with Crippen molar-refractivity contribution in [2.75, 3.05) is 0 Å². The Morgan fingerprint density at radius 1 is 0.265 bits per heavy atom. The molecule has 0 saturated carbocycles. The SMILES string of the molecule is c1ccc(-c2cc(-c3ccc(Sc4ccc(-c5cc(-c6ccccc6)nc(-c6ccccc6)n5)cc4)cc3)nc(-c3ccccc3)n2)cc1. The zero-order valence-corrected chi connectivity index (χ0v) is 27.3. The first-order valence-corrected chi connectivity index (χ1v) is 17.0. The van der Waals surface area contributed by atoms with Gasteiger partial charge < -0.3 is 0 Å². The van der Waals surface area contributed by atoms with E-state index in [-0.39, 0.29) is 0 Å². The number of rotatable bonds is 8. The molecule has 5 heteroatoms. The summed E-state index contributed by atoms with van der Waals surface area (Å²) in [5, 5.41) is 0. The Bertz CT molecular complexity index is 2030. The molecule has 2 heterocycles. The van der Waals surface area contributed by atoms with Crippen LogP contribution in [0.3, 0.4) is 0 Å². The second-order valence-corrected chi connectivity index (χ2v) is 12.7. The topological polar surface area (TPSA) is 51.6 Å². The molecule has 2 aromatic heterocycles. The van der Waals surface area contributed by atoms with Crippen LogP contribution < -0.4 is 0 Å². The van der Waals surface area contributed by atoms with Gasteiger partial charge in [0.2, 0.25) is 0 Å². The van der Waals surface area contributed by atoms with Crippen LogP contribution in [0.25, 0.3) is 67.8 Å². The van der Waals surface area contributed by atoms with Crippen LogP contribution in [0.15, 0.2) is 192 Å². The maximum absolute atomic E-state index is 4.97. The first-order chi connectivity index (χ1) is 24.2. The largest absolute Gasteiger partial charge is 0.228 e. The van der Waals surface area contributed by atoms with E-state index in [9.17, 15) is 0 Å². The summed E-state index contributed by atoms with van der Waals surface area (Å²) in [4.78, 5) is 22.1. The molecule has 4 nitrogen and oxygen atoms in total. The molecular formula is C44H30N4S. The summed E-state index contributed by atoms with van der Waals surface area (Å²) in [7, 11) is 0. The molecule has 0 fully saturated rings. The molecule has 0 aliphatic rings. The summed E-state index contributed by atoms with van der Waals surface area (Å²) in [5.41, 5.74) is 9.79. The number of nitrogens with zero attached hydrogens (tertiary/aromatic N) is 4. The average Bonchev–Trinajstić information content (AvgIpc) is 3.19. The van der Waals surface area contributed by atoms with Gasteiger partial charge in [0, 0.05) is 43.2 Å². The Balaban J connectivity index is 1.06. The van der Waals surface area contributed by atoms with Gasteiger partial charge in [-0.05, 0) is 36.4 Å². The lowest BCUT2D eigenvalue weighted by Gasteiger charge is -2.11. The van der Waals surface area contributed by atoms with E-state index in [4.69, 9.17) is 19.9 Å². The Kier molecular flexibility index (Phi) is 8.56. The van der Waals surface area contributed by atoms with Crippen LogP contribution >= 0.6 is 11.8 Å². The fourth-order valence-corrected chi connectivity index (χ4v) is 6.48. The van der Waals surface area contributed by atoms with Gasteiger partial charge in [0.25, 0.3) is 0 Å². The molecule has 0 spiro atoms. The molecule has 0 saturated heterocycles. The molecule has 0 unspecified atom stereocenters. The summed E-state index contributed by atoms with van der Waals surface area (Å²) in [6, 6.07) is 62.1. The minimum atomic E-state index is 0.714. The number of hydrogen-bond donors (Lipinski definition) is 0. The lowest BCUT2D eigenvalue weighted by Crippen LogP contribution is -1.95. The van der Waals surface area contributed by atoms with Crippen LogP contribution in [0.2, 0.25) is 0 Å². The molecule has 0 N–H and O–H groups in total. The van der Waals surface area contributed by atoms with Crippen molar-refractivity contribution in [2.45, 2.75) is 9.79 Å². The second-order valence-electron chi connectivity index (χ2n) is 11.5. The summed E-state index contributed by atoms with van der Waals surface area (Å²) in [5.74, 6) is 1.43. The van der Waals surface area contributed by atoms with E-state index in [1.54, 1.807) is 11.8 Å². The summed E-state index contributed by atoms with van der Waals surface area (Å²) in [6.07, 6.45) is 0. The molecule has 232 valence electrons. The molecule has 0 aliphatic heterocycles. The molecule has 0 atom stereocenters. The van der Waals surface area contributed by atoms with Crippen molar-refractivity contribution >= 4 is 11.8 Å². The van der Waals surface area contributed by atoms with Gasteiger partial charge in [0.05, 0.1) is 22.8 Å². The van der Waals surface area contributed by atoms with Crippen LogP contribution in [-0.4, -0.2) is 19.9 Å². The highest BCUT2D eigenvalue weighted by Crippen LogP contribution is 2.34. The Morgan fingerprint density at radius 3 is 0.837 bits per heavy atom. The summed E-state index contributed by atoms with van der Waals surface area (Å²) in [6.45, 7) is 0. The van der Waals surface area contributed by atoms with Crippen LogP contribution in [0.5, 0.6) is 0 Å². The monoisotopic (exact) mass is 646 g/mol. The minimum absolute atomic E-state index is 0.714. The fourth-order valence-electron chi connectivity index (χ4n) is 5.66. The van der Waals surface area contributed by atoms with E-state index < -0.39 is 0 Å². The molecule has 0 radical (unpaired) electrons. The van der Waals surface area contributed by atoms with Crippen molar-refractivity contribution in [2.24, 2.45) is 0 Å². The molecule has 6 aromatic carbocycles. The molecule has 0 aliphatic carbocycles. The highest BCUT2D eigenvalue weighted by atomic mass is 32.2. The van der Waals surface area contributed by atoms with Gasteiger partial charge in [-0.2, -0.15) is 0 Å². The van der Waals surface area contributed by atoms with Crippen molar-refractivity contribution in [1.29, 1.82) is 0 Å². The summed E-state index contributed by atoms with van der Waals surface area (Å²) >= 11 is 1.73. The van der Waals surface area contributed by atoms with Crippen molar-refractivity contribution in [3.8, 4) is 67.8 Å². The standard InChI is InChI=1S/C44H30N4S/c1-5-13-31(14-6-1)39-29-41(47-43(45-39)35-17-9-3-10-18-35)33-21-25-37(26-22-33)49-38-27-23-34(24-28-38)42-30-40(32-15-7-2-8-16-32)46-44(48-42)36-19-11-4-12-20-36/h1-30H. The third-order valence-electron chi connectivity index (χ3n) is 8.19. The number of benzene rings is 6. The normalized spacial score (nSPS) is 10.9. The Hall–Kier alpha value is -6.17. The summed E-state index contributed by atoms with van der Waals surface area (Å²) < 4.78 is 0. The van der Waals surface area contributed by atoms with Gasteiger partial charge in [0.1, 0.15) is 0 Å². The first-order valence-electron chi connectivity index (χ1n) is 16.1. The molecule has 49 heavy (non-hydrogen) atoms. The zero-order chi connectivity index (χ0) is 32.8. The van der Waals surface area contributed by atoms with Crippen LogP contribution in [0.1, 0.15) is 0 Å². The van der Waals surface area contributed by atoms with Crippen LogP contribution in [0, 0.1) is 0 Å². The van der Waals surface area contributed by atoms with Crippen molar-refractivity contribution in [1.82, 2.24) is 19.9 Å². The van der Waals surface area contributed by atoms with Crippen molar-refractivity contribution in [3.63, 3.8) is 0 Å². The molecular weight excluding hydrogens is 617 g/mol. The van der Waals surface area contributed by atoms with Gasteiger partial charge in [-0.15, -0.1) is 0 Å². The molecule has 0 bridgehead atoms. The third-order valence-corrected chi connectivity index (χ3v) is 9.21. The molecule has 8 rings (SSSR count). The number of aromatic nitrogens is 4. The number of hydrogen-bond acceptors (Lipinski definition) is 5. The first kappa shape index (κ1) is 30.2. The quantitative estimate of drug-likeness (QED) is 0.164. The zero-order valence-electron chi connectivity index (χ0n) is 26.5. The minimum Gasteiger partial charge on any atom is -0.228 e. The van der Waals surface area contributed by atoms with Crippen molar-refractivity contribution in [3.05, 3.63) is 182 Å². The molecule has 0 amide bonds. The van der Waals surface area contributed by atoms with E-state index in [2.05, 4.69) is 84.9 Å². The van der Waals surface area contributed by atoms with E-state index in [1.165, 1.54) is 0 Å². The predicted molar refractivity (Wildman–Crippen MR) is 201 cm³/mol. The van der Waals surface area contributed by atoms with Gasteiger partial charge in [0.15, 0.2) is 11.6 Å². The van der Waals surface area contributed by atoms with Crippen LogP contribution in [0.4, 0.5) is 0 Å². The smallest absolute Gasteiger partial charge is 0.160 e. The Morgan fingerprint density at radius 2 is 0.531 bits per heavy atom. The predicted octanol–water partition coefficient (Wildman–Crippen LogP) is 11.4. The van der Waals surface area contributed by atoms with Crippen molar-refractivity contribution < 1.29 is 0 Å². The van der Waals surface area contributed by atoms with E-state index in [0.717, 1.165) is 65.9 Å². The lowest BCUT2D eigenvalue weighted by atomic mass is 10.1. The maximum Gasteiger partial charge on any atom is 0.160 e. The second kappa shape index (κ2) is 13.9. The van der Waals surface area contributed by atoms with Gasteiger partial charge in [-0.3, -0.25) is 0 Å². The van der Waals surface area contributed by atoms with E-state index >= 15 is 0 Å². The highest BCUT2D eigenvalue weighted by molar-refractivity contribution is 7.99. The van der Waals surface area contributed by atoms with Gasteiger partial charge >= 0.3 is 0 Å². The molecule has 8 aromatic rings. The Labute approximate surface area is 290 Å². The van der Waals surface area contributed by atoms with Gasteiger partial charge in [-0.1, -0.05) is 157 Å². The van der Waals surface area contributed by atoms with Crippen LogP contribution in [-0.2, 0) is 0 Å². The third kappa shape index (κ3) is 6.93. The van der Waals surface area contributed by atoms with E-state index in [0.29, 0.717) is 11.6 Å². The fraction of sp³-hybridized carbons (Fsp3) is 0. The van der Waals surface area contributed by atoms with Gasteiger partial charge in [-0.25, -0.2) is 19.9 Å². The lowest BCUT2D eigenvalue weighted by molar-refractivity contribution is 1.18.